The maximum atomic E-state index is 9.92. The average Bonchev–Trinajstić information content (AvgIpc) is 2.72. The van der Waals surface area contributed by atoms with Crippen LogP contribution < -0.4 is 5.73 Å². The van der Waals surface area contributed by atoms with Crippen LogP contribution >= 0.6 is 0 Å². The minimum atomic E-state index is -0.985. The third kappa shape index (κ3) is 1.90. The fourth-order valence-electron chi connectivity index (χ4n) is 1.61. The van der Waals surface area contributed by atoms with Gasteiger partial charge in [-0.3, -0.25) is 9.38 Å². The number of aliphatic hydroxyl groups is 2. The average molecular weight is 222 g/mol. The van der Waals surface area contributed by atoms with Crippen molar-refractivity contribution < 1.29 is 10.2 Å². The van der Waals surface area contributed by atoms with Gasteiger partial charge in [-0.05, 0) is 13.0 Å². The predicted molar refractivity (Wildman–Crippen MR) is 57.6 cm³/mol. The molecular weight excluding hydrogens is 208 g/mol. The molecule has 2 unspecified atom stereocenters. The molecule has 0 radical (unpaired) electrons. The number of rotatable bonds is 4. The van der Waals surface area contributed by atoms with Crippen molar-refractivity contribution in [3.05, 3.63) is 30.5 Å². The summed E-state index contributed by atoms with van der Waals surface area (Å²) in [5.41, 5.74) is 6.51. The first-order valence-corrected chi connectivity index (χ1v) is 5.07. The Balaban J connectivity index is 2.32. The standard InChI is InChI=1S/C10H14N4O2/c11-2-1-8(15)10(16)7-5-13-9-6-12-3-4-14(7)9/h3-6,8,10,15-16H,1-2,11H2. The minimum Gasteiger partial charge on any atom is -0.390 e. The molecule has 0 amide bonds. The van der Waals surface area contributed by atoms with Crippen LogP contribution in [0.25, 0.3) is 5.65 Å². The van der Waals surface area contributed by atoms with E-state index >= 15 is 0 Å². The summed E-state index contributed by atoms with van der Waals surface area (Å²) in [6.45, 7) is 0.330. The third-order valence-electron chi connectivity index (χ3n) is 2.48. The van der Waals surface area contributed by atoms with Crippen molar-refractivity contribution in [3.63, 3.8) is 0 Å². The Morgan fingerprint density at radius 1 is 1.38 bits per heavy atom. The molecule has 4 N–H and O–H groups in total. The van der Waals surface area contributed by atoms with Crippen molar-refractivity contribution in [1.82, 2.24) is 14.4 Å². The zero-order valence-electron chi connectivity index (χ0n) is 8.69. The quantitative estimate of drug-likeness (QED) is 0.646. The van der Waals surface area contributed by atoms with Crippen LogP contribution in [0.4, 0.5) is 0 Å². The normalized spacial score (nSPS) is 15.2. The highest BCUT2D eigenvalue weighted by molar-refractivity contribution is 5.37. The number of imidazole rings is 1. The van der Waals surface area contributed by atoms with Gasteiger partial charge in [0.05, 0.1) is 24.2 Å². The molecule has 86 valence electrons. The van der Waals surface area contributed by atoms with Crippen molar-refractivity contribution in [2.45, 2.75) is 18.6 Å². The van der Waals surface area contributed by atoms with E-state index in [9.17, 15) is 10.2 Å². The highest BCUT2D eigenvalue weighted by Crippen LogP contribution is 2.19. The molecule has 0 spiro atoms. The molecule has 2 aromatic rings. The molecule has 2 rings (SSSR count). The lowest BCUT2D eigenvalue weighted by atomic mass is 10.1. The largest absolute Gasteiger partial charge is 0.390 e. The van der Waals surface area contributed by atoms with Gasteiger partial charge in [-0.1, -0.05) is 0 Å². The fourth-order valence-corrected chi connectivity index (χ4v) is 1.61. The molecule has 0 fully saturated rings. The molecule has 0 aromatic carbocycles. The maximum absolute atomic E-state index is 9.92. The summed E-state index contributed by atoms with van der Waals surface area (Å²) in [7, 11) is 0. The Bertz CT molecular complexity index is 471. The van der Waals surface area contributed by atoms with Gasteiger partial charge in [0.25, 0.3) is 0 Å². The number of nitrogens with zero attached hydrogens (tertiary/aromatic N) is 3. The summed E-state index contributed by atoms with van der Waals surface area (Å²) in [4.78, 5) is 8.00. The zero-order valence-corrected chi connectivity index (χ0v) is 8.69. The molecular formula is C10H14N4O2. The van der Waals surface area contributed by atoms with Crippen LogP contribution in [0.5, 0.6) is 0 Å². The second-order valence-corrected chi connectivity index (χ2v) is 3.58. The van der Waals surface area contributed by atoms with E-state index in [0.717, 1.165) is 0 Å². The number of hydrogen-bond acceptors (Lipinski definition) is 5. The fraction of sp³-hybridized carbons (Fsp3) is 0.400. The molecule has 6 nitrogen and oxygen atoms in total. The van der Waals surface area contributed by atoms with Gasteiger partial charge < -0.3 is 15.9 Å². The molecule has 0 aliphatic carbocycles. The smallest absolute Gasteiger partial charge is 0.155 e. The molecule has 0 bridgehead atoms. The van der Waals surface area contributed by atoms with Gasteiger partial charge in [0.15, 0.2) is 5.65 Å². The molecule has 2 atom stereocenters. The van der Waals surface area contributed by atoms with Gasteiger partial charge in [-0.15, -0.1) is 0 Å². The monoisotopic (exact) mass is 222 g/mol. The van der Waals surface area contributed by atoms with E-state index in [-0.39, 0.29) is 0 Å². The van der Waals surface area contributed by atoms with Crippen molar-refractivity contribution in [2.75, 3.05) is 6.54 Å². The Morgan fingerprint density at radius 2 is 2.19 bits per heavy atom. The van der Waals surface area contributed by atoms with E-state index in [1.54, 1.807) is 23.0 Å². The first-order valence-electron chi connectivity index (χ1n) is 5.07. The van der Waals surface area contributed by atoms with Gasteiger partial charge in [0, 0.05) is 12.4 Å². The lowest BCUT2D eigenvalue weighted by Crippen LogP contribution is -2.22. The SMILES string of the molecule is NCCC(O)C(O)c1cnc2cnccn12. The van der Waals surface area contributed by atoms with E-state index in [0.29, 0.717) is 24.3 Å². The molecule has 0 aliphatic heterocycles. The van der Waals surface area contributed by atoms with Crippen LogP contribution in [0.3, 0.4) is 0 Å². The van der Waals surface area contributed by atoms with Gasteiger partial charge in [0.1, 0.15) is 6.10 Å². The van der Waals surface area contributed by atoms with E-state index in [1.165, 1.54) is 6.20 Å². The second-order valence-electron chi connectivity index (χ2n) is 3.58. The molecule has 16 heavy (non-hydrogen) atoms. The Hall–Kier alpha value is -1.50. The highest BCUT2D eigenvalue weighted by Gasteiger charge is 2.20. The molecule has 2 aromatic heterocycles. The van der Waals surface area contributed by atoms with Gasteiger partial charge in [-0.2, -0.15) is 0 Å². The lowest BCUT2D eigenvalue weighted by molar-refractivity contribution is 0.0120. The summed E-state index contributed by atoms with van der Waals surface area (Å²) in [6.07, 6.45) is 4.89. The van der Waals surface area contributed by atoms with Crippen molar-refractivity contribution in [3.8, 4) is 0 Å². The van der Waals surface area contributed by atoms with E-state index < -0.39 is 12.2 Å². The van der Waals surface area contributed by atoms with Crippen molar-refractivity contribution in [2.24, 2.45) is 5.73 Å². The second kappa shape index (κ2) is 4.56. The lowest BCUT2D eigenvalue weighted by Gasteiger charge is -2.16. The van der Waals surface area contributed by atoms with Crippen LogP contribution in [0.2, 0.25) is 0 Å². The summed E-state index contributed by atoms with van der Waals surface area (Å²) in [5, 5.41) is 19.6. The van der Waals surface area contributed by atoms with Gasteiger partial charge >= 0.3 is 0 Å². The van der Waals surface area contributed by atoms with Gasteiger partial charge in [-0.25, -0.2) is 4.98 Å². The topological polar surface area (TPSA) is 96.7 Å². The zero-order chi connectivity index (χ0) is 11.5. The van der Waals surface area contributed by atoms with Crippen molar-refractivity contribution in [1.29, 1.82) is 0 Å². The number of fused-ring (bicyclic) bond motifs is 1. The van der Waals surface area contributed by atoms with E-state index in [4.69, 9.17) is 5.73 Å². The van der Waals surface area contributed by atoms with Gasteiger partial charge in [0.2, 0.25) is 0 Å². The van der Waals surface area contributed by atoms with E-state index in [1.807, 2.05) is 0 Å². The Labute approximate surface area is 92.4 Å². The van der Waals surface area contributed by atoms with E-state index in [2.05, 4.69) is 9.97 Å². The first kappa shape index (κ1) is 11.0. The molecule has 0 aliphatic rings. The molecule has 0 saturated carbocycles. The summed E-state index contributed by atoms with van der Waals surface area (Å²) in [5.74, 6) is 0. The first-order chi connectivity index (χ1) is 7.74. The summed E-state index contributed by atoms with van der Waals surface area (Å²) < 4.78 is 1.69. The van der Waals surface area contributed by atoms with Crippen LogP contribution in [-0.4, -0.2) is 37.2 Å². The van der Waals surface area contributed by atoms with Crippen LogP contribution in [-0.2, 0) is 0 Å². The number of nitrogens with two attached hydrogens (primary N) is 1. The van der Waals surface area contributed by atoms with Crippen LogP contribution in [0.15, 0.2) is 24.8 Å². The Morgan fingerprint density at radius 3 is 2.94 bits per heavy atom. The highest BCUT2D eigenvalue weighted by atomic mass is 16.3. The predicted octanol–water partition coefficient (Wildman–Crippen LogP) is -0.528. The van der Waals surface area contributed by atoms with Crippen LogP contribution in [0.1, 0.15) is 18.2 Å². The molecule has 2 heterocycles. The third-order valence-corrected chi connectivity index (χ3v) is 2.48. The minimum absolute atomic E-state index is 0.330. The summed E-state index contributed by atoms with van der Waals surface area (Å²) >= 11 is 0. The van der Waals surface area contributed by atoms with Crippen LogP contribution in [0, 0.1) is 0 Å². The number of aliphatic hydroxyl groups excluding tert-OH is 2. The number of hydrogen-bond donors (Lipinski definition) is 3. The number of aromatic nitrogens is 3. The molecule has 6 heteroatoms. The molecule has 0 saturated heterocycles. The van der Waals surface area contributed by atoms with Crippen molar-refractivity contribution >= 4 is 5.65 Å². The Kier molecular flexibility index (Phi) is 3.14. The summed E-state index contributed by atoms with van der Waals surface area (Å²) in [6, 6.07) is 0. The maximum Gasteiger partial charge on any atom is 0.155 e.